The zero-order valence-corrected chi connectivity index (χ0v) is 14.4. The molecule has 0 saturated carbocycles. The van der Waals surface area contributed by atoms with Crippen LogP contribution >= 0.6 is 0 Å². The van der Waals surface area contributed by atoms with Gasteiger partial charge in [0.15, 0.2) is 11.5 Å². The molecule has 2 aromatic carbocycles. The molecule has 0 aliphatic carbocycles. The van der Waals surface area contributed by atoms with Gasteiger partial charge in [0.05, 0.1) is 27.0 Å². The molecule has 0 spiro atoms. The lowest BCUT2D eigenvalue weighted by molar-refractivity contribution is -0.115. The molecule has 0 atom stereocenters. The minimum Gasteiger partial charge on any atom is -0.493 e. The van der Waals surface area contributed by atoms with Crippen molar-refractivity contribution in [3.8, 4) is 17.2 Å². The molecule has 2 N–H and O–H groups in total. The molecule has 1 amide bonds. The van der Waals surface area contributed by atoms with E-state index in [0.717, 1.165) is 0 Å². The molecule has 0 aromatic heterocycles. The topological polar surface area (TPSA) is 68.8 Å². The van der Waals surface area contributed by atoms with Gasteiger partial charge >= 0.3 is 0 Å². The van der Waals surface area contributed by atoms with Crippen LogP contribution in [0.5, 0.6) is 17.2 Å². The SMILES string of the molecule is COc1cc(NC(=O)CCNc2ccccc2F)cc(OC)c1OC. The Morgan fingerprint density at radius 1 is 1.04 bits per heavy atom. The average Bonchev–Trinajstić information content (AvgIpc) is 2.62. The number of rotatable bonds is 8. The Hall–Kier alpha value is -2.96. The normalized spacial score (nSPS) is 10.1. The summed E-state index contributed by atoms with van der Waals surface area (Å²) in [6, 6.07) is 9.59. The molecule has 2 aromatic rings. The summed E-state index contributed by atoms with van der Waals surface area (Å²) in [6.07, 6.45) is 0.172. The van der Waals surface area contributed by atoms with Crippen molar-refractivity contribution in [2.24, 2.45) is 0 Å². The van der Waals surface area contributed by atoms with Gasteiger partial charge < -0.3 is 24.8 Å². The lowest BCUT2D eigenvalue weighted by atomic mass is 10.2. The van der Waals surface area contributed by atoms with E-state index in [1.54, 1.807) is 30.3 Å². The third-order valence-corrected chi connectivity index (χ3v) is 3.49. The fourth-order valence-electron chi connectivity index (χ4n) is 2.29. The quantitative estimate of drug-likeness (QED) is 0.766. The number of nitrogens with one attached hydrogen (secondary N) is 2. The number of amides is 1. The second-order valence-electron chi connectivity index (χ2n) is 5.12. The Balaban J connectivity index is 1.97. The first-order valence-corrected chi connectivity index (χ1v) is 7.67. The highest BCUT2D eigenvalue weighted by molar-refractivity contribution is 5.91. The fraction of sp³-hybridized carbons (Fsp3) is 0.278. The maximum Gasteiger partial charge on any atom is 0.226 e. The van der Waals surface area contributed by atoms with E-state index in [-0.39, 0.29) is 18.1 Å². The number of hydrogen-bond donors (Lipinski definition) is 2. The summed E-state index contributed by atoms with van der Waals surface area (Å²) in [5.74, 6) is 0.762. The molecule has 0 fully saturated rings. The van der Waals surface area contributed by atoms with Gasteiger partial charge in [0, 0.05) is 30.8 Å². The molecule has 25 heavy (non-hydrogen) atoms. The van der Waals surface area contributed by atoms with Crippen molar-refractivity contribution < 1.29 is 23.4 Å². The zero-order valence-electron chi connectivity index (χ0n) is 14.4. The lowest BCUT2D eigenvalue weighted by Gasteiger charge is -2.14. The van der Waals surface area contributed by atoms with E-state index in [2.05, 4.69) is 10.6 Å². The van der Waals surface area contributed by atoms with E-state index in [4.69, 9.17) is 14.2 Å². The van der Waals surface area contributed by atoms with E-state index in [9.17, 15) is 9.18 Å². The highest BCUT2D eigenvalue weighted by atomic mass is 19.1. The number of para-hydroxylation sites is 1. The van der Waals surface area contributed by atoms with E-state index >= 15 is 0 Å². The van der Waals surface area contributed by atoms with Gasteiger partial charge in [-0.2, -0.15) is 0 Å². The molecule has 0 bridgehead atoms. The number of halogens is 1. The predicted octanol–water partition coefficient (Wildman–Crippen LogP) is 3.29. The minimum atomic E-state index is -0.354. The summed E-state index contributed by atoms with van der Waals surface area (Å²) in [7, 11) is 4.51. The third-order valence-electron chi connectivity index (χ3n) is 3.49. The second-order valence-corrected chi connectivity index (χ2v) is 5.12. The van der Waals surface area contributed by atoms with E-state index < -0.39 is 0 Å². The van der Waals surface area contributed by atoms with E-state index in [1.807, 2.05) is 0 Å². The number of methoxy groups -OCH3 is 3. The van der Waals surface area contributed by atoms with Crippen molar-refractivity contribution in [2.75, 3.05) is 38.5 Å². The Morgan fingerprint density at radius 3 is 2.24 bits per heavy atom. The Labute approximate surface area is 145 Å². The summed E-state index contributed by atoms with van der Waals surface area (Å²) in [5, 5.41) is 5.64. The molecule has 0 aliphatic heterocycles. The van der Waals surface area contributed by atoms with Crippen molar-refractivity contribution in [3.05, 3.63) is 42.2 Å². The van der Waals surface area contributed by atoms with Gasteiger partial charge in [-0.25, -0.2) is 4.39 Å². The first-order valence-electron chi connectivity index (χ1n) is 7.67. The van der Waals surface area contributed by atoms with Gasteiger partial charge in [0.2, 0.25) is 11.7 Å². The average molecular weight is 348 g/mol. The Morgan fingerprint density at radius 2 is 1.68 bits per heavy atom. The highest BCUT2D eigenvalue weighted by Gasteiger charge is 2.14. The van der Waals surface area contributed by atoms with Crippen LogP contribution < -0.4 is 24.8 Å². The van der Waals surface area contributed by atoms with Crippen LogP contribution in [0.25, 0.3) is 0 Å². The van der Waals surface area contributed by atoms with Crippen molar-refractivity contribution >= 4 is 17.3 Å². The third kappa shape index (κ3) is 4.76. The summed E-state index contributed by atoms with van der Waals surface area (Å²) in [4.78, 5) is 12.1. The monoisotopic (exact) mass is 348 g/mol. The van der Waals surface area contributed by atoms with Crippen molar-refractivity contribution in [3.63, 3.8) is 0 Å². The number of hydrogen-bond acceptors (Lipinski definition) is 5. The minimum absolute atomic E-state index is 0.172. The largest absolute Gasteiger partial charge is 0.493 e. The second kappa shape index (κ2) is 8.77. The molecule has 0 radical (unpaired) electrons. The molecule has 2 rings (SSSR count). The maximum atomic E-state index is 13.5. The van der Waals surface area contributed by atoms with Crippen LogP contribution in [0.1, 0.15) is 6.42 Å². The molecule has 0 saturated heterocycles. The highest BCUT2D eigenvalue weighted by Crippen LogP contribution is 2.39. The van der Waals surface area contributed by atoms with Gasteiger partial charge in [-0.3, -0.25) is 4.79 Å². The summed E-state index contributed by atoms with van der Waals surface area (Å²) < 4.78 is 29.2. The van der Waals surface area contributed by atoms with Gasteiger partial charge in [-0.05, 0) is 12.1 Å². The van der Waals surface area contributed by atoms with E-state index in [1.165, 1.54) is 27.4 Å². The first-order chi connectivity index (χ1) is 12.1. The predicted molar refractivity (Wildman–Crippen MR) is 94.2 cm³/mol. The zero-order chi connectivity index (χ0) is 18.2. The smallest absolute Gasteiger partial charge is 0.226 e. The Bertz CT molecular complexity index is 712. The number of carbonyl (C=O) groups excluding carboxylic acids is 1. The maximum absolute atomic E-state index is 13.5. The van der Waals surface area contributed by atoms with Gasteiger partial charge in [-0.1, -0.05) is 12.1 Å². The van der Waals surface area contributed by atoms with Crippen molar-refractivity contribution in [1.29, 1.82) is 0 Å². The number of benzene rings is 2. The summed E-state index contributed by atoms with van der Waals surface area (Å²) >= 11 is 0. The van der Waals surface area contributed by atoms with E-state index in [0.29, 0.717) is 35.2 Å². The van der Waals surface area contributed by atoms with Gasteiger partial charge in [0.1, 0.15) is 5.82 Å². The molecule has 7 heteroatoms. The van der Waals surface area contributed by atoms with Crippen LogP contribution in [-0.4, -0.2) is 33.8 Å². The molecule has 6 nitrogen and oxygen atoms in total. The van der Waals surface area contributed by atoms with Crippen LogP contribution in [0.4, 0.5) is 15.8 Å². The molecular weight excluding hydrogens is 327 g/mol. The summed E-state index contributed by atoms with van der Waals surface area (Å²) in [5.41, 5.74) is 0.883. The first kappa shape index (κ1) is 18.4. The molecule has 0 unspecified atom stereocenters. The van der Waals surface area contributed by atoms with Gasteiger partial charge in [0.25, 0.3) is 0 Å². The number of anilines is 2. The van der Waals surface area contributed by atoms with Crippen LogP contribution in [0.3, 0.4) is 0 Å². The van der Waals surface area contributed by atoms with Crippen molar-refractivity contribution in [1.82, 2.24) is 0 Å². The standard InChI is InChI=1S/C18H21FN2O4/c1-23-15-10-12(11-16(24-2)18(15)25-3)21-17(22)8-9-20-14-7-5-4-6-13(14)19/h4-7,10-11,20H,8-9H2,1-3H3,(H,21,22). The molecule has 134 valence electrons. The molecule has 0 heterocycles. The lowest BCUT2D eigenvalue weighted by Crippen LogP contribution is -2.16. The number of ether oxygens (including phenoxy) is 3. The van der Waals surface area contributed by atoms with Crippen LogP contribution in [-0.2, 0) is 4.79 Å². The summed E-state index contributed by atoms with van der Waals surface area (Å²) in [6.45, 7) is 0.303. The van der Waals surface area contributed by atoms with Crippen LogP contribution in [0.2, 0.25) is 0 Å². The number of carbonyl (C=O) groups is 1. The van der Waals surface area contributed by atoms with Crippen molar-refractivity contribution in [2.45, 2.75) is 6.42 Å². The Kier molecular flexibility index (Phi) is 6.45. The van der Waals surface area contributed by atoms with Gasteiger partial charge in [-0.15, -0.1) is 0 Å². The van der Waals surface area contributed by atoms with Crippen LogP contribution in [0, 0.1) is 5.82 Å². The fourth-order valence-corrected chi connectivity index (χ4v) is 2.29. The molecular formula is C18H21FN2O4. The van der Waals surface area contributed by atoms with Crippen LogP contribution in [0.15, 0.2) is 36.4 Å². The molecule has 0 aliphatic rings.